The van der Waals surface area contributed by atoms with Gasteiger partial charge >= 0.3 is 0 Å². The largest absolute Gasteiger partial charge is 0.490 e. The van der Waals surface area contributed by atoms with E-state index in [-0.39, 0.29) is 35.3 Å². The van der Waals surface area contributed by atoms with Crippen LogP contribution in [0.15, 0.2) is 53.9 Å². The number of ether oxygens (including phenoxy) is 1. The van der Waals surface area contributed by atoms with Crippen LogP contribution in [0.5, 0.6) is 5.75 Å². The van der Waals surface area contributed by atoms with Crippen LogP contribution >= 0.6 is 0 Å². The standard InChI is InChI=1S/C21H23N3O6S/c1-5-10-23-17-9-7-15(11-18(17)30-13-21(3,4)20(23)25)22-31(28,29)19-12-16(24(26)27)8-6-14(19)2/h5-9,11-12,22H,1,10,13H2,2-4H3. The number of aryl methyl sites for hydroxylation is 1. The van der Waals surface area contributed by atoms with Gasteiger partial charge < -0.3 is 9.64 Å². The van der Waals surface area contributed by atoms with Crippen molar-refractivity contribution in [3.63, 3.8) is 0 Å². The van der Waals surface area contributed by atoms with Crippen molar-refractivity contribution in [2.75, 3.05) is 22.8 Å². The molecule has 164 valence electrons. The van der Waals surface area contributed by atoms with Crippen LogP contribution < -0.4 is 14.4 Å². The van der Waals surface area contributed by atoms with Gasteiger partial charge in [0.05, 0.1) is 26.6 Å². The van der Waals surface area contributed by atoms with Crippen molar-refractivity contribution in [1.82, 2.24) is 0 Å². The Morgan fingerprint density at radius 3 is 2.65 bits per heavy atom. The van der Waals surface area contributed by atoms with E-state index in [4.69, 9.17) is 4.74 Å². The van der Waals surface area contributed by atoms with Gasteiger partial charge in [-0.1, -0.05) is 12.1 Å². The summed E-state index contributed by atoms with van der Waals surface area (Å²) in [5, 5.41) is 11.0. The van der Waals surface area contributed by atoms with Gasteiger partial charge in [-0.15, -0.1) is 6.58 Å². The van der Waals surface area contributed by atoms with Crippen molar-refractivity contribution < 1.29 is 22.9 Å². The molecule has 0 bridgehead atoms. The number of anilines is 2. The zero-order chi connectivity index (χ0) is 23.0. The zero-order valence-corrected chi connectivity index (χ0v) is 18.2. The molecule has 2 aromatic carbocycles. The van der Waals surface area contributed by atoms with E-state index in [9.17, 15) is 23.3 Å². The molecule has 0 aliphatic carbocycles. The normalized spacial score (nSPS) is 15.5. The fraction of sp³-hybridized carbons (Fsp3) is 0.286. The van der Waals surface area contributed by atoms with Crippen LogP contribution in [0.3, 0.4) is 0 Å². The molecule has 0 saturated carbocycles. The molecule has 1 N–H and O–H groups in total. The third-order valence-corrected chi connectivity index (χ3v) is 6.42. The second-order valence-corrected chi connectivity index (χ2v) is 9.52. The number of carbonyl (C=O) groups is 1. The van der Waals surface area contributed by atoms with Crippen molar-refractivity contribution in [3.8, 4) is 5.75 Å². The summed E-state index contributed by atoms with van der Waals surface area (Å²) in [4.78, 5) is 24.6. The summed E-state index contributed by atoms with van der Waals surface area (Å²) in [7, 11) is -4.10. The number of sulfonamides is 1. The molecule has 0 radical (unpaired) electrons. The number of carbonyl (C=O) groups excluding carboxylic acids is 1. The lowest BCUT2D eigenvalue weighted by molar-refractivity contribution is -0.385. The number of nitro groups is 1. The lowest BCUT2D eigenvalue weighted by Crippen LogP contribution is -2.42. The number of nitrogens with zero attached hydrogens (tertiary/aromatic N) is 2. The summed E-state index contributed by atoms with van der Waals surface area (Å²) in [6.07, 6.45) is 1.60. The minimum Gasteiger partial charge on any atom is -0.490 e. The van der Waals surface area contributed by atoms with E-state index in [1.54, 1.807) is 32.9 Å². The van der Waals surface area contributed by atoms with Crippen LogP contribution in [-0.4, -0.2) is 32.4 Å². The van der Waals surface area contributed by atoms with Crippen molar-refractivity contribution in [2.24, 2.45) is 5.41 Å². The second kappa shape index (κ2) is 8.03. The summed E-state index contributed by atoms with van der Waals surface area (Å²) in [6.45, 7) is 9.18. The molecule has 1 aliphatic rings. The van der Waals surface area contributed by atoms with Gasteiger partial charge in [-0.05, 0) is 38.5 Å². The number of benzene rings is 2. The Balaban J connectivity index is 1.99. The van der Waals surface area contributed by atoms with Crippen LogP contribution in [0.1, 0.15) is 19.4 Å². The van der Waals surface area contributed by atoms with Crippen molar-refractivity contribution in [2.45, 2.75) is 25.7 Å². The van der Waals surface area contributed by atoms with Gasteiger partial charge in [-0.25, -0.2) is 8.42 Å². The average Bonchev–Trinajstić information content (AvgIpc) is 2.78. The molecule has 3 rings (SSSR count). The Morgan fingerprint density at radius 1 is 1.29 bits per heavy atom. The number of hydrogen-bond acceptors (Lipinski definition) is 6. The third-order valence-electron chi connectivity index (χ3n) is 4.90. The maximum Gasteiger partial charge on any atom is 0.270 e. The second-order valence-electron chi connectivity index (χ2n) is 7.87. The van der Waals surface area contributed by atoms with Crippen LogP contribution in [0.25, 0.3) is 0 Å². The molecule has 2 aromatic rings. The van der Waals surface area contributed by atoms with Gasteiger partial charge in [0, 0.05) is 24.7 Å². The molecule has 0 saturated heterocycles. The summed E-state index contributed by atoms with van der Waals surface area (Å²) in [5.74, 6) is 0.212. The van der Waals surface area contributed by atoms with Gasteiger partial charge in [0.2, 0.25) is 5.91 Å². The summed E-state index contributed by atoms with van der Waals surface area (Å²) < 4.78 is 34.1. The molecule has 10 heteroatoms. The van der Waals surface area contributed by atoms with E-state index < -0.39 is 20.4 Å². The third kappa shape index (κ3) is 4.38. The average molecular weight is 445 g/mol. The Labute approximate surface area is 180 Å². The molecule has 1 aliphatic heterocycles. The van der Waals surface area contributed by atoms with Gasteiger partial charge in [-0.3, -0.25) is 19.6 Å². The van der Waals surface area contributed by atoms with E-state index in [0.717, 1.165) is 6.07 Å². The molecular formula is C21H23N3O6S. The summed E-state index contributed by atoms with van der Waals surface area (Å²) in [6, 6.07) is 8.24. The van der Waals surface area contributed by atoms with Crippen LogP contribution in [0.4, 0.5) is 17.1 Å². The monoisotopic (exact) mass is 445 g/mol. The van der Waals surface area contributed by atoms with Gasteiger partial charge in [-0.2, -0.15) is 0 Å². The predicted molar refractivity (Wildman–Crippen MR) is 117 cm³/mol. The minimum atomic E-state index is -4.10. The fourth-order valence-corrected chi connectivity index (χ4v) is 4.54. The van der Waals surface area contributed by atoms with Gasteiger partial charge in [0.15, 0.2) is 0 Å². The van der Waals surface area contributed by atoms with Crippen molar-refractivity contribution >= 4 is 33.0 Å². The van der Waals surface area contributed by atoms with Crippen LogP contribution in [0, 0.1) is 22.5 Å². The molecular weight excluding hydrogens is 422 g/mol. The number of fused-ring (bicyclic) bond motifs is 1. The highest BCUT2D eigenvalue weighted by atomic mass is 32.2. The first kappa shape index (κ1) is 22.3. The summed E-state index contributed by atoms with van der Waals surface area (Å²) in [5.41, 5.74) is -0.0205. The molecule has 9 nitrogen and oxygen atoms in total. The van der Waals surface area contributed by atoms with Crippen molar-refractivity contribution in [3.05, 3.63) is 64.7 Å². The molecule has 0 fully saturated rings. The van der Waals surface area contributed by atoms with Gasteiger partial charge in [0.1, 0.15) is 12.4 Å². The topological polar surface area (TPSA) is 119 Å². The number of non-ortho nitro benzene ring substituents is 1. The van der Waals surface area contributed by atoms with E-state index in [0.29, 0.717) is 17.0 Å². The van der Waals surface area contributed by atoms with Crippen LogP contribution in [0.2, 0.25) is 0 Å². The van der Waals surface area contributed by atoms with Gasteiger partial charge in [0.25, 0.3) is 15.7 Å². The zero-order valence-electron chi connectivity index (χ0n) is 17.4. The number of rotatable bonds is 6. The SMILES string of the molecule is C=CCN1C(=O)C(C)(C)COc2cc(NS(=O)(=O)c3cc([N+](=O)[O-])ccc3C)ccc21. The molecule has 1 heterocycles. The number of amides is 1. The lowest BCUT2D eigenvalue weighted by Gasteiger charge is -2.27. The number of nitro benzene ring substituents is 1. The fourth-order valence-electron chi connectivity index (χ4n) is 3.22. The quantitative estimate of drug-likeness (QED) is 0.412. The maximum atomic E-state index is 12.9. The Morgan fingerprint density at radius 2 is 2.00 bits per heavy atom. The smallest absolute Gasteiger partial charge is 0.270 e. The van der Waals surface area contributed by atoms with E-state index in [1.807, 2.05) is 0 Å². The molecule has 0 spiro atoms. The Hall–Kier alpha value is -3.40. The molecule has 0 atom stereocenters. The number of hydrogen-bond donors (Lipinski definition) is 1. The Bertz CT molecular complexity index is 1170. The number of nitrogens with one attached hydrogen (secondary N) is 1. The Kier molecular flexibility index (Phi) is 5.77. The van der Waals surface area contributed by atoms with Crippen LogP contribution in [-0.2, 0) is 14.8 Å². The molecule has 31 heavy (non-hydrogen) atoms. The minimum absolute atomic E-state index is 0.118. The maximum absolute atomic E-state index is 12.9. The highest BCUT2D eigenvalue weighted by molar-refractivity contribution is 7.92. The predicted octanol–water partition coefficient (Wildman–Crippen LogP) is 3.64. The lowest BCUT2D eigenvalue weighted by atomic mass is 9.93. The first-order valence-corrected chi connectivity index (χ1v) is 10.9. The van der Waals surface area contributed by atoms with Crippen molar-refractivity contribution in [1.29, 1.82) is 0 Å². The molecule has 0 unspecified atom stereocenters. The molecule has 1 amide bonds. The molecule has 0 aromatic heterocycles. The van der Waals surface area contributed by atoms with E-state index in [2.05, 4.69) is 11.3 Å². The highest BCUT2D eigenvalue weighted by Gasteiger charge is 2.37. The first-order valence-electron chi connectivity index (χ1n) is 9.44. The highest BCUT2D eigenvalue weighted by Crippen LogP contribution is 2.38. The van der Waals surface area contributed by atoms with E-state index in [1.165, 1.54) is 29.2 Å². The van der Waals surface area contributed by atoms with E-state index >= 15 is 0 Å². The summed E-state index contributed by atoms with van der Waals surface area (Å²) >= 11 is 0. The first-order chi connectivity index (χ1) is 14.5.